The summed E-state index contributed by atoms with van der Waals surface area (Å²) in [7, 11) is 0. The highest BCUT2D eigenvalue weighted by Crippen LogP contribution is 2.07. The van der Waals surface area contributed by atoms with Gasteiger partial charge in [0.25, 0.3) is 0 Å². The van der Waals surface area contributed by atoms with Crippen molar-refractivity contribution in [3.05, 3.63) is 42.0 Å². The maximum Gasteiger partial charge on any atom is 0.0348 e. The van der Waals surface area contributed by atoms with Crippen LogP contribution in [0.4, 0.5) is 0 Å². The molecule has 0 radical (unpaired) electrons. The highest BCUT2D eigenvalue weighted by atomic mass is 15.2. The van der Waals surface area contributed by atoms with Crippen LogP contribution >= 0.6 is 0 Å². The average molecular weight is 230 g/mol. The summed E-state index contributed by atoms with van der Waals surface area (Å²) in [4.78, 5) is 2.57. The maximum atomic E-state index is 3.34. The van der Waals surface area contributed by atoms with Gasteiger partial charge in [-0.05, 0) is 18.5 Å². The molecule has 1 fully saturated rings. The summed E-state index contributed by atoms with van der Waals surface area (Å²) in [5.74, 6) is 0. The summed E-state index contributed by atoms with van der Waals surface area (Å²) in [6, 6.07) is 11.3. The molecule has 1 N–H and O–H groups in total. The summed E-state index contributed by atoms with van der Waals surface area (Å²) in [5.41, 5.74) is 1.29. The molecule has 0 saturated carbocycles. The molecule has 0 amide bonds. The van der Waals surface area contributed by atoms with Gasteiger partial charge < -0.3 is 5.32 Å². The van der Waals surface area contributed by atoms with E-state index in [1.165, 1.54) is 18.5 Å². The van der Waals surface area contributed by atoms with Crippen LogP contribution in [0.2, 0.25) is 0 Å². The van der Waals surface area contributed by atoms with Gasteiger partial charge in [-0.1, -0.05) is 49.4 Å². The fraction of sp³-hybridized carbons (Fsp3) is 0.467. The molecule has 0 bridgehead atoms. The minimum Gasteiger partial charge on any atom is -0.314 e. The van der Waals surface area contributed by atoms with E-state index in [1.807, 2.05) is 0 Å². The molecule has 1 aliphatic rings. The van der Waals surface area contributed by atoms with Crippen molar-refractivity contribution in [2.45, 2.75) is 19.4 Å². The first-order chi connectivity index (χ1) is 8.40. The van der Waals surface area contributed by atoms with E-state index in [-0.39, 0.29) is 0 Å². The standard InChI is InChI=1S/C15H22N2/c1-2-10-17(15-12-16-13-15)11-6-9-14-7-4-3-5-8-14/h3-9,15-16H,2,10-13H2,1H3. The average Bonchev–Trinajstić information content (AvgIpc) is 2.28. The fourth-order valence-corrected chi connectivity index (χ4v) is 2.13. The molecule has 1 aliphatic heterocycles. The zero-order valence-electron chi connectivity index (χ0n) is 10.6. The first-order valence-electron chi connectivity index (χ1n) is 6.56. The molecule has 0 unspecified atom stereocenters. The van der Waals surface area contributed by atoms with Crippen molar-refractivity contribution in [1.29, 1.82) is 0 Å². The van der Waals surface area contributed by atoms with Gasteiger partial charge in [-0.3, -0.25) is 4.90 Å². The van der Waals surface area contributed by atoms with Crippen molar-refractivity contribution in [1.82, 2.24) is 10.2 Å². The molecule has 1 aromatic rings. The second-order valence-electron chi connectivity index (χ2n) is 4.62. The van der Waals surface area contributed by atoms with Gasteiger partial charge in [0.2, 0.25) is 0 Å². The van der Waals surface area contributed by atoms with Crippen molar-refractivity contribution >= 4 is 6.08 Å². The number of hydrogen-bond donors (Lipinski definition) is 1. The monoisotopic (exact) mass is 230 g/mol. The van der Waals surface area contributed by atoms with E-state index < -0.39 is 0 Å². The molecular weight excluding hydrogens is 208 g/mol. The molecule has 2 heteroatoms. The predicted molar refractivity (Wildman–Crippen MR) is 74.0 cm³/mol. The molecule has 2 rings (SSSR count). The van der Waals surface area contributed by atoms with Crippen molar-refractivity contribution in [2.24, 2.45) is 0 Å². The molecule has 1 aromatic carbocycles. The number of nitrogens with one attached hydrogen (secondary N) is 1. The van der Waals surface area contributed by atoms with Gasteiger partial charge in [0.05, 0.1) is 0 Å². The normalized spacial score (nSPS) is 16.6. The molecule has 2 nitrogen and oxygen atoms in total. The van der Waals surface area contributed by atoms with E-state index >= 15 is 0 Å². The highest BCUT2D eigenvalue weighted by Gasteiger charge is 2.22. The van der Waals surface area contributed by atoms with Gasteiger partial charge in [0, 0.05) is 25.7 Å². The SMILES string of the molecule is CCCN(CC=Cc1ccccc1)C1CNC1. The smallest absolute Gasteiger partial charge is 0.0348 e. The molecule has 92 valence electrons. The Morgan fingerprint density at radius 1 is 1.29 bits per heavy atom. The third-order valence-electron chi connectivity index (χ3n) is 3.24. The van der Waals surface area contributed by atoms with Crippen LogP contribution in [-0.4, -0.2) is 37.1 Å². The van der Waals surface area contributed by atoms with E-state index in [0.29, 0.717) is 0 Å². The van der Waals surface area contributed by atoms with Crippen LogP contribution in [0, 0.1) is 0 Å². The molecule has 17 heavy (non-hydrogen) atoms. The second kappa shape index (κ2) is 6.58. The number of benzene rings is 1. The lowest BCUT2D eigenvalue weighted by Crippen LogP contribution is -2.57. The van der Waals surface area contributed by atoms with E-state index in [1.54, 1.807) is 0 Å². The Balaban J connectivity index is 1.84. The Bertz CT molecular complexity index is 341. The summed E-state index contributed by atoms with van der Waals surface area (Å²) in [6.45, 7) is 6.82. The first-order valence-corrected chi connectivity index (χ1v) is 6.56. The molecule has 0 aliphatic carbocycles. The third-order valence-corrected chi connectivity index (χ3v) is 3.24. The molecule has 0 spiro atoms. The highest BCUT2D eigenvalue weighted by molar-refractivity contribution is 5.48. The molecule has 0 atom stereocenters. The zero-order valence-corrected chi connectivity index (χ0v) is 10.6. The van der Waals surface area contributed by atoms with Crippen molar-refractivity contribution in [3.63, 3.8) is 0 Å². The van der Waals surface area contributed by atoms with Crippen LogP contribution in [0.5, 0.6) is 0 Å². The van der Waals surface area contributed by atoms with Crippen LogP contribution in [0.3, 0.4) is 0 Å². The predicted octanol–water partition coefficient (Wildman–Crippen LogP) is 2.38. The topological polar surface area (TPSA) is 15.3 Å². The summed E-state index contributed by atoms with van der Waals surface area (Å²) < 4.78 is 0. The number of nitrogens with zero attached hydrogens (tertiary/aromatic N) is 1. The van der Waals surface area contributed by atoms with Gasteiger partial charge in [-0.25, -0.2) is 0 Å². The molecular formula is C15H22N2. The van der Waals surface area contributed by atoms with E-state index in [0.717, 1.165) is 25.7 Å². The van der Waals surface area contributed by atoms with Crippen LogP contribution < -0.4 is 5.32 Å². The van der Waals surface area contributed by atoms with Crippen molar-refractivity contribution < 1.29 is 0 Å². The minimum atomic E-state index is 0.746. The van der Waals surface area contributed by atoms with Crippen molar-refractivity contribution in [3.8, 4) is 0 Å². The van der Waals surface area contributed by atoms with Crippen LogP contribution in [0.15, 0.2) is 36.4 Å². The van der Waals surface area contributed by atoms with Crippen LogP contribution in [-0.2, 0) is 0 Å². The molecule has 0 aromatic heterocycles. The Hall–Kier alpha value is -1.12. The Morgan fingerprint density at radius 3 is 2.65 bits per heavy atom. The van der Waals surface area contributed by atoms with E-state index in [4.69, 9.17) is 0 Å². The van der Waals surface area contributed by atoms with E-state index in [9.17, 15) is 0 Å². The summed E-state index contributed by atoms with van der Waals surface area (Å²) in [5, 5.41) is 3.34. The quantitative estimate of drug-likeness (QED) is 0.807. The maximum absolute atomic E-state index is 3.34. The molecule has 1 saturated heterocycles. The summed E-state index contributed by atoms with van der Waals surface area (Å²) >= 11 is 0. The second-order valence-corrected chi connectivity index (χ2v) is 4.62. The summed E-state index contributed by atoms with van der Waals surface area (Å²) in [6.07, 6.45) is 5.73. The van der Waals surface area contributed by atoms with Gasteiger partial charge in [-0.15, -0.1) is 0 Å². The van der Waals surface area contributed by atoms with E-state index in [2.05, 4.69) is 59.6 Å². The first kappa shape index (κ1) is 12.3. The number of rotatable bonds is 6. The van der Waals surface area contributed by atoms with Crippen molar-refractivity contribution in [2.75, 3.05) is 26.2 Å². The Morgan fingerprint density at radius 2 is 2.06 bits per heavy atom. The minimum absolute atomic E-state index is 0.746. The Kier molecular flexibility index (Phi) is 4.77. The number of hydrogen-bond acceptors (Lipinski definition) is 2. The lowest BCUT2D eigenvalue weighted by atomic mass is 10.1. The van der Waals surface area contributed by atoms with Crippen LogP contribution in [0.25, 0.3) is 6.08 Å². The Labute approximate surface area is 104 Å². The lowest BCUT2D eigenvalue weighted by Gasteiger charge is -2.37. The fourth-order valence-electron chi connectivity index (χ4n) is 2.13. The molecule has 1 heterocycles. The van der Waals surface area contributed by atoms with Crippen LogP contribution in [0.1, 0.15) is 18.9 Å². The zero-order chi connectivity index (χ0) is 11.9. The van der Waals surface area contributed by atoms with Gasteiger partial charge >= 0.3 is 0 Å². The van der Waals surface area contributed by atoms with Gasteiger partial charge in [0.15, 0.2) is 0 Å². The third kappa shape index (κ3) is 3.69. The largest absolute Gasteiger partial charge is 0.314 e. The lowest BCUT2D eigenvalue weighted by molar-refractivity contribution is 0.162. The van der Waals surface area contributed by atoms with Gasteiger partial charge in [0.1, 0.15) is 0 Å². The van der Waals surface area contributed by atoms with Gasteiger partial charge in [-0.2, -0.15) is 0 Å².